The van der Waals surface area contributed by atoms with Crippen molar-refractivity contribution in [1.29, 1.82) is 0 Å². The molecule has 10 nitrogen and oxygen atoms in total. The van der Waals surface area contributed by atoms with E-state index >= 15 is 0 Å². The summed E-state index contributed by atoms with van der Waals surface area (Å²) >= 11 is 0. The topological polar surface area (TPSA) is 108 Å². The highest BCUT2D eigenvalue weighted by molar-refractivity contribution is 6.03. The van der Waals surface area contributed by atoms with Crippen LogP contribution in [-0.4, -0.2) is 34.2 Å². The fourth-order valence-corrected chi connectivity index (χ4v) is 3.63. The Morgan fingerprint density at radius 2 is 1.62 bits per heavy atom. The predicted molar refractivity (Wildman–Crippen MR) is 119 cm³/mol. The van der Waals surface area contributed by atoms with Crippen LogP contribution in [0.25, 0.3) is 22.6 Å². The van der Waals surface area contributed by atoms with Crippen molar-refractivity contribution in [3.63, 3.8) is 0 Å². The van der Waals surface area contributed by atoms with Crippen LogP contribution in [0.15, 0.2) is 64.2 Å². The average Bonchev–Trinajstić information content (AvgIpc) is 3.35. The molecule has 5 aromatic rings. The smallest absolute Gasteiger partial charge is 0.319 e. The first kappa shape index (κ1) is 19.5. The van der Waals surface area contributed by atoms with Gasteiger partial charge in [-0.3, -0.25) is 18.7 Å². The second-order valence-corrected chi connectivity index (χ2v) is 7.52. The van der Waals surface area contributed by atoms with Crippen molar-refractivity contribution in [2.45, 2.75) is 6.92 Å². The molecule has 0 fully saturated rings. The molecule has 160 valence electrons. The molecule has 0 aliphatic rings. The van der Waals surface area contributed by atoms with Crippen LogP contribution in [0.5, 0.6) is 0 Å². The van der Waals surface area contributed by atoms with Crippen LogP contribution < -0.4 is 16.6 Å². The number of carbonyl (C=O) groups is 1. The molecule has 0 radical (unpaired) electrons. The number of fused-ring (bicyclic) bond motifs is 3. The van der Waals surface area contributed by atoms with Gasteiger partial charge in [-0.15, -0.1) is 5.10 Å². The highest BCUT2D eigenvalue weighted by Crippen LogP contribution is 2.20. The van der Waals surface area contributed by atoms with Crippen molar-refractivity contribution in [2.75, 3.05) is 5.32 Å². The summed E-state index contributed by atoms with van der Waals surface area (Å²) in [4.78, 5) is 43.2. The largest absolute Gasteiger partial charge is 0.332 e. The molecule has 5 rings (SSSR count). The predicted octanol–water partition coefficient (Wildman–Crippen LogP) is 1.63. The number of nitrogens with one attached hydrogen (secondary N) is 1. The molecule has 0 unspecified atom stereocenters. The molecule has 32 heavy (non-hydrogen) atoms. The molecule has 10 heteroatoms. The van der Waals surface area contributed by atoms with E-state index < -0.39 is 17.2 Å². The van der Waals surface area contributed by atoms with Crippen LogP contribution in [0, 0.1) is 6.92 Å². The van der Waals surface area contributed by atoms with Crippen LogP contribution in [0.2, 0.25) is 0 Å². The van der Waals surface area contributed by atoms with E-state index in [1.54, 1.807) is 24.3 Å². The van der Waals surface area contributed by atoms with Gasteiger partial charge in [-0.25, -0.2) is 9.20 Å². The van der Waals surface area contributed by atoms with Crippen molar-refractivity contribution >= 4 is 28.5 Å². The Kier molecular flexibility index (Phi) is 4.29. The second kappa shape index (κ2) is 7.05. The van der Waals surface area contributed by atoms with E-state index in [1.807, 2.05) is 37.3 Å². The summed E-state index contributed by atoms with van der Waals surface area (Å²) in [5.41, 5.74) is 1.51. The number of hydrogen-bond acceptors (Lipinski definition) is 5. The van der Waals surface area contributed by atoms with E-state index in [0.717, 1.165) is 10.1 Å². The summed E-state index contributed by atoms with van der Waals surface area (Å²) in [6.45, 7) is 1.96. The molecule has 3 aromatic heterocycles. The average molecular weight is 429 g/mol. The van der Waals surface area contributed by atoms with Gasteiger partial charge in [-0.1, -0.05) is 35.9 Å². The van der Waals surface area contributed by atoms with Crippen LogP contribution in [0.1, 0.15) is 16.2 Å². The van der Waals surface area contributed by atoms with Crippen molar-refractivity contribution < 1.29 is 4.79 Å². The van der Waals surface area contributed by atoms with Gasteiger partial charge in [0.25, 0.3) is 11.5 Å². The molecule has 0 aliphatic heterocycles. The molecule has 0 atom stereocenters. The minimum atomic E-state index is -0.562. The van der Waals surface area contributed by atoms with Crippen LogP contribution in [0.3, 0.4) is 0 Å². The van der Waals surface area contributed by atoms with Gasteiger partial charge in [0.05, 0.1) is 5.69 Å². The van der Waals surface area contributed by atoms with Crippen LogP contribution in [0.4, 0.5) is 5.69 Å². The Hall–Kier alpha value is -4.47. The zero-order valence-electron chi connectivity index (χ0n) is 17.6. The molecule has 3 heterocycles. The van der Waals surface area contributed by atoms with Gasteiger partial charge in [0.15, 0.2) is 11.2 Å². The number of aromatic nitrogens is 6. The lowest BCUT2D eigenvalue weighted by atomic mass is 10.2. The van der Waals surface area contributed by atoms with E-state index in [-0.39, 0.29) is 22.8 Å². The van der Waals surface area contributed by atoms with Gasteiger partial charge in [-0.05, 0) is 31.2 Å². The first-order valence-electron chi connectivity index (χ1n) is 9.87. The summed E-state index contributed by atoms with van der Waals surface area (Å²) < 4.78 is 5.15. The number of para-hydroxylation sites is 1. The third kappa shape index (κ3) is 2.84. The minimum Gasteiger partial charge on any atom is -0.319 e. The molecule has 0 saturated carbocycles. The number of hydrogen-bond donors (Lipinski definition) is 1. The fourth-order valence-electron chi connectivity index (χ4n) is 3.63. The third-order valence-electron chi connectivity index (χ3n) is 5.35. The maximum absolute atomic E-state index is 13.2. The van der Waals surface area contributed by atoms with Gasteiger partial charge in [0.1, 0.15) is 0 Å². The van der Waals surface area contributed by atoms with Crippen LogP contribution >= 0.6 is 0 Å². The minimum absolute atomic E-state index is 0.0253. The molecule has 2 aromatic carbocycles. The number of imidazole rings is 1. The Morgan fingerprint density at radius 3 is 2.31 bits per heavy atom. The monoisotopic (exact) mass is 429 g/mol. The Balaban J connectivity index is 1.84. The molecule has 1 amide bonds. The summed E-state index contributed by atoms with van der Waals surface area (Å²) in [5.74, 6) is -0.287. The van der Waals surface area contributed by atoms with Gasteiger partial charge >= 0.3 is 5.69 Å². The van der Waals surface area contributed by atoms with Gasteiger partial charge in [0, 0.05) is 19.8 Å². The van der Waals surface area contributed by atoms with E-state index in [9.17, 15) is 14.4 Å². The SMILES string of the molecule is Cc1ccc(-n2nc(C(=O)Nc3ccccc3)n3c4c(=O)n(C)c(=O)n(C)c4nc23)cc1. The van der Waals surface area contributed by atoms with Crippen LogP contribution in [-0.2, 0) is 14.1 Å². The highest BCUT2D eigenvalue weighted by Gasteiger charge is 2.26. The standard InChI is InChI=1S/C22H19N7O3/c1-13-9-11-15(12-10-13)29-21-24-17-16(20(31)27(3)22(32)26(17)2)28(21)18(25-29)19(30)23-14-7-5-4-6-8-14/h4-12H,1-3H3,(H,23,30). The van der Waals surface area contributed by atoms with Crippen molar-refractivity contribution in [3.8, 4) is 5.69 Å². The first-order chi connectivity index (χ1) is 15.4. The third-order valence-corrected chi connectivity index (χ3v) is 5.35. The van der Waals surface area contributed by atoms with E-state index in [4.69, 9.17) is 0 Å². The molecular formula is C22H19N7O3. The second-order valence-electron chi connectivity index (χ2n) is 7.52. The molecule has 1 N–H and O–H groups in total. The van der Waals surface area contributed by atoms with Gasteiger partial charge < -0.3 is 5.32 Å². The molecule has 0 saturated heterocycles. The molecular weight excluding hydrogens is 410 g/mol. The number of rotatable bonds is 3. The normalized spacial score (nSPS) is 11.3. The number of benzene rings is 2. The zero-order chi connectivity index (χ0) is 22.6. The lowest BCUT2D eigenvalue weighted by Crippen LogP contribution is -2.37. The maximum atomic E-state index is 13.2. The number of aryl methyl sites for hydroxylation is 2. The van der Waals surface area contributed by atoms with E-state index in [0.29, 0.717) is 11.4 Å². The van der Waals surface area contributed by atoms with Crippen molar-refractivity contribution in [3.05, 3.63) is 86.8 Å². The highest BCUT2D eigenvalue weighted by atomic mass is 16.2. The zero-order valence-corrected chi connectivity index (χ0v) is 17.6. The van der Waals surface area contributed by atoms with Gasteiger partial charge in [-0.2, -0.15) is 9.67 Å². The molecule has 0 bridgehead atoms. The van der Waals surface area contributed by atoms with Crippen molar-refractivity contribution in [1.82, 2.24) is 28.3 Å². The summed E-state index contributed by atoms with van der Waals surface area (Å²) in [7, 11) is 2.92. The summed E-state index contributed by atoms with van der Waals surface area (Å²) in [5, 5.41) is 7.29. The summed E-state index contributed by atoms with van der Waals surface area (Å²) in [6, 6.07) is 16.5. The summed E-state index contributed by atoms with van der Waals surface area (Å²) in [6.07, 6.45) is 0. The number of carbonyl (C=O) groups excluding carboxylic acids is 1. The molecule has 0 spiro atoms. The van der Waals surface area contributed by atoms with Crippen molar-refractivity contribution in [2.24, 2.45) is 14.1 Å². The van der Waals surface area contributed by atoms with Gasteiger partial charge in [0.2, 0.25) is 11.6 Å². The fraction of sp³-hybridized carbons (Fsp3) is 0.136. The Morgan fingerprint density at radius 1 is 0.938 bits per heavy atom. The lowest BCUT2D eigenvalue weighted by molar-refractivity contribution is 0.101. The lowest BCUT2D eigenvalue weighted by Gasteiger charge is -2.05. The van der Waals surface area contributed by atoms with E-state index in [1.165, 1.54) is 27.7 Å². The maximum Gasteiger partial charge on any atom is 0.332 e. The first-order valence-corrected chi connectivity index (χ1v) is 9.87. The Labute approximate surface area is 181 Å². The van der Waals surface area contributed by atoms with E-state index in [2.05, 4.69) is 15.4 Å². The number of amides is 1. The quantitative estimate of drug-likeness (QED) is 0.469. The Bertz CT molecular complexity index is 1620. The number of nitrogens with zero attached hydrogens (tertiary/aromatic N) is 6. The number of anilines is 1. The molecule has 0 aliphatic carbocycles.